The number of hydrogen-bond donors (Lipinski definition) is 1. The minimum atomic E-state index is -4.67. The van der Waals surface area contributed by atoms with Gasteiger partial charge in [-0.1, -0.05) is 6.07 Å². The van der Waals surface area contributed by atoms with Crippen molar-refractivity contribution in [2.75, 3.05) is 18.2 Å². The molecule has 0 bridgehead atoms. The van der Waals surface area contributed by atoms with Gasteiger partial charge in [-0.15, -0.1) is 5.10 Å². The van der Waals surface area contributed by atoms with E-state index in [2.05, 4.69) is 15.4 Å². The van der Waals surface area contributed by atoms with Crippen LogP contribution in [0.25, 0.3) is 5.69 Å². The molecule has 3 rings (SSSR count). The SMILES string of the molecule is CCOc1cc(C(F)(F)F)n(-c2ccc(NC(=O)c3cccc(S(C)(=O)=O)c3)nc2)n1. The van der Waals surface area contributed by atoms with Gasteiger partial charge in [0.1, 0.15) is 5.82 Å². The number of rotatable bonds is 6. The number of carbonyl (C=O) groups excluding carboxylic acids is 1. The van der Waals surface area contributed by atoms with E-state index in [0.29, 0.717) is 4.68 Å². The molecule has 0 aliphatic rings. The average Bonchev–Trinajstić information content (AvgIpc) is 3.13. The average molecular weight is 454 g/mol. The highest BCUT2D eigenvalue weighted by atomic mass is 32.2. The summed E-state index contributed by atoms with van der Waals surface area (Å²) in [5, 5.41) is 6.26. The number of alkyl halides is 3. The first-order chi connectivity index (χ1) is 14.5. The molecule has 2 aromatic heterocycles. The number of carbonyl (C=O) groups is 1. The number of benzene rings is 1. The Balaban J connectivity index is 1.84. The van der Waals surface area contributed by atoms with Gasteiger partial charge in [0.25, 0.3) is 5.91 Å². The molecule has 0 aliphatic heterocycles. The topological polar surface area (TPSA) is 103 Å². The van der Waals surface area contributed by atoms with Crippen LogP contribution in [0.1, 0.15) is 23.0 Å². The summed E-state index contributed by atoms with van der Waals surface area (Å²) in [7, 11) is -3.49. The van der Waals surface area contributed by atoms with Crippen LogP contribution in [-0.2, 0) is 16.0 Å². The zero-order chi connectivity index (χ0) is 22.8. The van der Waals surface area contributed by atoms with E-state index in [1.54, 1.807) is 6.92 Å². The van der Waals surface area contributed by atoms with Crippen molar-refractivity contribution in [1.29, 1.82) is 0 Å². The first-order valence-electron chi connectivity index (χ1n) is 8.87. The lowest BCUT2D eigenvalue weighted by Gasteiger charge is -2.10. The molecule has 0 fully saturated rings. The van der Waals surface area contributed by atoms with Crippen LogP contribution in [0.15, 0.2) is 53.6 Å². The molecule has 0 atom stereocenters. The lowest BCUT2D eigenvalue weighted by Crippen LogP contribution is -2.15. The number of aromatic nitrogens is 3. The van der Waals surface area contributed by atoms with Crippen LogP contribution < -0.4 is 10.1 Å². The minimum Gasteiger partial charge on any atom is -0.477 e. The second-order valence-corrected chi connectivity index (χ2v) is 8.38. The number of amides is 1. The standard InChI is InChI=1S/C19H17F3N4O4S/c1-3-30-17-10-15(19(20,21)22)26(25-17)13-7-8-16(23-11-13)24-18(27)12-5-4-6-14(9-12)31(2,28)29/h4-11H,3H2,1-2H3,(H,23,24,27). The summed E-state index contributed by atoms with van der Waals surface area (Å²) in [6.45, 7) is 1.77. The van der Waals surface area contributed by atoms with Gasteiger partial charge in [-0.05, 0) is 37.3 Å². The van der Waals surface area contributed by atoms with E-state index in [-0.39, 0.29) is 34.5 Å². The summed E-state index contributed by atoms with van der Waals surface area (Å²) < 4.78 is 68.9. The summed E-state index contributed by atoms with van der Waals surface area (Å²) >= 11 is 0. The molecule has 0 radical (unpaired) electrons. The molecule has 2 heterocycles. The molecule has 1 N–H and O–H groups in total. The monoisotopic (exact) mass is 454 g/mol. The lowest BCUT2D eigenvalue weighted by molar-refractivity contribution is -0.142. The molecule has 0 aliphatic carbocycles. The predicted molar refractivity (Wildman–Crippen MR) is 105 cm³/mol. The van der Waals surface area contributed by atoms with Gasteiger partial charge in [0.05, 0.1) is 23.4 Å². The van der Waals surface area contributed by atoms with Crippen molar-refractivity contribution >= 4 is 21.6 Å². The van der Waals surface area contributed by atoms with Crippen molar-refractivity contribution in [2.45, 2.75) is 18.0 Å². The van der Waals surface area contributed by atoms with E-state index < -0.39 is 27.6 Å². The van der Waals surface area contributed by atoms with Crippen LogP contribution in [0.2, 0.25) is 0 Å². The van der Waals surface area contributed by atoms with Crippen LogP contribution in [-0.4, -0.2) is 42.0 Å². The van der Waals surface area contributed by atoms with Crippen molar-refractivity contribution in [1.82, 2.24) is 14.8 Å². The van der Waals surface area contributed by atoms with E-state index in [0.717, 1.165) is 18.5 Å². The van der Waals surface area contributed by atoms with Gasteiger partial charge in [-0.3, -0.25) is 4.79 Å². The van der Waals surface area contributed by atoms with Crippen molar-refractivity contribution < 1.29 is 31.1 Å². The maximum atomic E-state index is 13.3. The number of hydrogen-bond acceptors (Lipinski definition) is 6. The Morgan fingerprint density at radius 3 is 2.52 bits per heavy atom. The van der Waals surface area contributed by atoms with Gasteiger partial charge >= 0.3 is 6.18 Å². The van der Waals surface area contributed by atoms with Gasteiger partial charge in [0.15, 0.2) is 15.5 Å². The first kappa shape index (κ1) is 22.3. The molecule has 1 amide bonds. The number of pyridine rings is 1. The summed E-state index contributed by atoms with van der Waals surface area (Å²) in [6, 6.07) is 8.81. The zero-order valence-corrected chi connectivity index (χ0v) is 17.2. The third kappa shape index (κ3) is 5.20. The van der Waals surface area contributed by atoms with E-state index in [1.807, 2.05) is 0 Å². The Morgan fingerprint density at radius 2 is 1.94 bits per heavy atom. The van der Waals surface area contributed by atoms with Crippen LogP contribution in [0.4, 0.5) is 19.0 Å². The Bertz CT molecular complexity index is 1210. The molecule has 3 aromatic rings. The number of ether oxygens (including phenoxy) is 1. The van der Waals surface area contributed by atoms with Crippen LogP contribution in [0.5, 0.6) is 5.88 Å². The first-order valence-corrected chi connectivity index (χ1v) is 10.8. The van der Waals surface area contributed by atoms with Gasteiger partial charge in [0, 0.05) is 17.9 Å². The third-order valence-corrected chi connectivity index (χ3v) is 5.14. The van der Waals surface area contributed by atoms with Crippen molar-refractivity contribution in [2.24, 2.45) is 0 Å². The number of anilines is 1. The second-order valence-electron chi connectivity index (χ2n) is 6.37. The summed E-state index contributed by atoms with van der Waals surface area (Å²) in [4.78, 5) is 16.3. The maximum absolute atomic E-state index is 13.3. The zero-order valence-electron chi connectivity index (χ0n) is 16.3. The highest BCUT2D eigenvalue weighted by Crippen LogP contribution is 2.33. The fraction of sp³-hybridized carbons (Fsp3) is 0.211. The van der Waals surface area contributed by atoms with Gasteiger partial charge in [0.2, 0.25) is 5.88 Å². The number of sulfone groups is 1. The minimum absolute atomic E-state index is 0.00958. The van der Waals surface area contributed by atoms with Crippen molar-refractivity contribution in [3.63, 3.8) is 0 Å². The van der Waals surface area contributed by atoms with Crippen LogP contribution in [0.3, 0.4) is 0 Å². The Labute approximate surface area is 175 Å². The second kappa shape index (κ2) is 8.38. The smallest absolute Gasteiger partial charge is 0.433 e. The Hall–Kier alpha value is -3.41. The highest BCUT2D eigenvalue weighted by Gasteiger charge is 2.36. The van der Waals surface area contributed by atoms with Gasteiger partial charge < -0.3 is 10.1 Å². The van der Waals surface area contributed by atoms with E-state index in [1.165, 1.54) is 36.4 Å². The molecule has 0 unspecified atom stereocenters. The summed E-state index contributed by atoms with van der Waals surface area (Å²) in [6.07, 6.45) is -2.54. The van der Waals surface area contributed by atoms with E-state index >= 15 is 0 Å². The van der Waals surface area contributed by atoms with Crippen LogP contribution in [0, 0.1) is 0 Å². The molecule has 0 saturated heterocycles. The summed E-state index contributed by atoms with van der Waals surface area (Å²) in [5.74, 6) is -0.748. The third-order valence-electron chi connectivity index (χ3n) is 4.03. The highest BCUT2D eigenvalue weighted by molar-refractivity contribution is 7.90. The molecule has 12 heteroatoms. The fourth-order valence-electron chi connectivity index (χ4n) is 2.62. The predicted octanol–water partition coefficient (Wildman–Crippen LogP) is 3.34. The number of nitrogens with zero attached hydrogens (tertiary/aromatic N) is 3. The maximum Gasteiger partial charge on any atom is 0.433 e. The van der Waals surface area contributed by atoms with Crippen molar-refractivity contribution in [3.8, 4) is 11.6 Å². The molecule has 164 valence electrons. The molecular weight excluding hydrogens is 437 g/mol. The number of nitrogens with one attached hydrogen (secondary N) is 1. The Kier molecular flexibility index (Phi) is 6.02. The largest absolute Gasteiger partial charge is 0.477 e. The van der Waals surface area contributed by atoms with Crippen LogP contribution >= 0.6 is 0 Å². The molecular formula is C19H17F3N4O4S. The van der Waals surface area contributed by atoms with Gasteiger partial charge in [-0.2, -0.15) is 13.2 Å². The quantitative estimate of drug-likeness (QED) is 0.613. The molecule has 0 spiro atoms. The van der Waals surface area contributed by atoms with Crippen molar-refractivity contribution in [3.05, 3.63) is 59.9 Å². The molecule has 1 aromatic carbocycles. The normalized spacial score (nSPS) is 11.9. The molecule has 0 saturated carbocycles. The Morgan fingerprint density at radius 1 is 1.19 bits per heavy atom. The summed E-state index contributed by atoms with van der Waals surface area (Å²) in [5.41, 5.74) is -0.941. The molecule has 8 nitrogen and oxygen atoms in total. The van der Waals surface area contributed by atoms with E-state index in [9.17, 15) is 26.4 Å². The van der Waals surface area contributed by atoms with Gasteiger partial charge in [-0.25, -0.2) is 18.1 Å². The lowest BCUT2D eigenvalue weighted by atomic mass is 10.2. The molecule has 31 heavy (non-hydrogen) atoms. The van der Waals surface area contributed by atoms with E-state index in [4.69, 9.17) is 4.74 Å². The fourth-order valence-corrected chi connectivity index (χ4v) is 3.29. The number of halogens is 3.